The van der Waals surface area contributed by atoms with Crippen molar-refractivity contribution in [2.45, 2.75) is 26.7 Å². The summed E-state index contributed by atoms with van der Waals surface area (Å²) in [5, 5.41) is 2.88. The van der Waals surface area contributed by atoms with Crippen LogP contribution in [-0.4, -0.2) is 49.1 Å². The van der Waals surface area contributed by atoms with Gasteiger partial charge in [0.25, 0.3) is 5.91 Å². The molecular formula is C20H26N2O5. The molecule has 7 heteroatoms. The van der Waals surface area contributed by atoms with E-state index in [1.807, 2.05) is 4.90 Å². The minimum atomic E-state index is -0.764. The normalized spacial score (nSPS) is 14.8. The number of nitrogens with zero attached hydrogens (tertiary/aromatic N) is 1. The summed E-state index contributed by atoms with van der Waals surface area (Å²) in [6.07, 6.45) is 4.16. The third kappa shape index (κ3) is 6.44. The van der Waals surface area contributed by atoms with E-state index in [0.29, 0.717) is 36.9 Å². The molecule has 1 aliphatic rings. The maximum Gasteiger partial charge on any atom is 0.513 e. The molecule has 0 radical (unpaired) electrons. The van der Waals surface area contributed by atoms with Crippen LogP contribution in [0.25, 0.3) is 0 Å². The quantitative estimate of drug-likeness (QED) is 0.470. The number of nitrogens with one attached hydrogen (secondary N) is 1. The first-order valence-corrected chi connectivity index (χ1v) is 9.18. The van der Waals surface area contributed by atoms with Crippen molar-refractivity contribution in [1.29, 1.82) is 0 Å². The molecule has 0 unspecified atom stereocenters. The molecule has 1 saturated heterocycles. The van der Waals surface area contributed by atoms with E-state index in [1.54, 1.807) is 44.2 Å². The fourth-order valence-corrected chi connectivity index (χ4v) is 2.89. The van der Waals surface area contributed by atoms with Crippen LogP contribution >= 0.6 is 0 Å². The number of benzene rings is 1. The molecule has 1 fully saturated rings. The fraction of sp³-hybridized carbons (Fsp3) is 0.450. The molecule has 27 heavy (non-hydrogen) atoms. The predicted molar refractivity (Wildman–Crippen MR) is 101 cm³/mol. The highest BCUT2D eigenvalue weighted by molar-refractivity contribution is 5.94. The first-order chi connectivity index (χ1) is 13.0. The Morgan fingerprint density at radius 1 is 1.19 bits per heavy atom. The number of hydrogen-bond acceptors (Lipinski definition) is 5. The average Bonchev–Trinajstić information content (AvgIpc) is 2.67. The first kappa shape index (κ1) is 20.5. The van der Waals surface area contributed by atoms with E-state index in [1.165, 1.54) is 6.08 Å². The number of amides is 2. The highest BCUT2D eigenvalue weighted by Crippen LogP contribution is 2.20. The number of hydrogen-bond donors (Lipinski definition) is 1. The van der Waals surface area contributed by atoms with Crippen LogP contribution in [0.5, 0.6) is 5.75 Å². The van der Waals surface area contributed by atoms with Crippen LogP contribution in [0.15, 0.2) is 36.4 Å². The van der Waals surface area contributed by atoms with Crippen molar-refractivity contribution < 1.29 is 23.9 Å². The Morgan fingerprint density at radius 3 is 2.44 bits per heavy atom. The monoisotopic (exact) mass is 374 g/mol. The average molecular weight is 374 g/mol. The second-order valence-electron chi connectivity index (χ2n) is 6.29. The van der Waals surface area contributed by atoms with Crippen molar-refractivity contribution in [3.05, 3.63) is 42.0 Å². The van der Waals surface area contributed by atoms with Crippen molar-refractivity contribution >= 4 is 18.0 Å². The first-order valence-electron chi connectivity index (χ1n) is 9.18. The SMILES string of the molecule is C/C=C/C(=O)NCC1CCN(C(=O)c2ccc(OC(=O)OCC)cc2)CC1. The maximum absolute atomic E-state index is 12.6. The molecule has 1 aromatic carbocycles. The summed E-state index contributed by atoms with van der Waals surface area (Å²) >= 11 is 0. The van der Waals surface area contributed by atoms with Crippen molar-refractivity contribution in [3.8, 4) is 5.75 Å². The Hall–Kier alpha value is -2.83. The van der Waals surface area contributed by atoms with Crippen molar-refractivity contribution in [2.75, 3.05) is 26.2 Å². The van der Waals surface area contributed by atoms with Crippen molar-refractivity contribution in [2.24, 2.45) is 5.92 Å². The molecule has 1 N–H and O–H groups in total. The maximum atomic E-state index is 12.6. The minimum Gasteiger partial charge on any atom is -0.434 e. The van der Waals surface area contributed by atoms with Crippen LogP contribution in [0.3, 0.4) is 0 Å². The van der Waals surface area contributed by atoms with E-state index < -0.39 is 6.16 Å². The second kappa shape index (κ2) is 10.4. The zero-order valence-corrected chi connectivity index (χ0v) is 15.8. The lowest BCUT2D eigenvalue weighted by atomic mass is 9.96. The number of ether oxygens (including phenoxy) is 2. The second-order valence-corrected chi connectivity index (χ2v) is 6.29. The molecule has 7 nitrogen and oxygen atoms in total. The van der Waals surface area contributed by atoms with Gasteiger partial charge >= 0.3 is 6.16 Å². The van der Waals surface area contributed by atoms with Crippen LogP contribution in [0.4, 0.5) is 4.79 Å². The van der Waals surface area contributed by atoms with Gasteiger partial charge in [-0.3, -0.25) is 9.59 Å². The molecule has 0 spiro atoms. The standard InChI is InChI=1S/C20H26N2O5/c1-3-5-18(23)21-14-15-10-12-22(13-11-15)19(24)16-6-8-17(9-7-16)27-20(25)26-4-2/h3,5-9,15H,4,10-14H2,1-2H3,(H,21,23)/b5-3+. The van der Waals surface area contributed by atoms with Gasteiger partial charge in [-0.25, -0.2) is 4.79 Å². The molecule has 0 saturated carbocycles. The van der Waals surface area contributed by atoms with Gasteiger partial charge in [-0.1, -0.05) is 6.08 Å². The largest absolute Gasteiger partial charge is 0.513 e. The van der Waals surface area contributed by atoms with Crippen LogP contribution < -0.4 is 10.1 Å². The lowest BCUT2D eigenvalue weighted by Crippen LogP contribution is -2.41. The molecule has 0 atom stereocenters. The van der Waals surface area contributed by atoms with E-state index in [2.05, 4.69) is 5.32 Å². The molecule has 0 bridgehead atoms. The topological polar surface area (TPSA) is 84.9 Å². The molecule has 0 aliphatic carbocycles. The Labute approximate surface area is 159 Å². The number of allylic oxidation sites excluding steroid dienone is 1. The summed E-state index contributed by atoms with van der Waals surface area (Å²) in [5.41, 5.74) is 0.547. The van der Waals surface area contributed by atoms with Crippen LogP contribution in [-0.2, 0) is 9.53 Å². The number of carbonyl (C=O) groups is 3. The molecule has 1 heterocycles. The van der Waals surface area contributed by atoms with Gasteiger partial charge in [0.05, 0.1) is 6.61 Å². The lowest BCUT2D eigenvalue weighted by molar-refractivity contribution is -0.116. The van der Waals surface area contributed by atoms with Gasteiger partial charge in [0, 0.05) is 25.2 Å². The highest BCUT2D eigenvalue weighted by Gasteiger charge is 2.23. The van der Waals surface area contributed by atoms with Crippen LogP contribution in [0.1, 0.15) is 37.0 Å². The van der Waals surface area contributed by atoms with Gasteiger partial charge in [0.2, 0.25) is 5.91 Å². The lowest BCUT2D eigenvalue weighted by Gasteiger charge is -2.32. The number of piperidine rings is 1. The summed E-state index contributed by atoms with van der Waals surface area (Å²) in [5.74, 6) is 0.583. The Bertz CT molecular complexity index is 676. The van der Waals surface area contributed by atoms with Gasteiger partial charge in [-0.05, 0) is 62.9 Å². The molecule has 146 valence electrons. The van der Waals surface area contributed by atoms with Crippen LogP contribution in [0, 0.1) is 5.92 Å². The summed E-state index contributed by atoms with van der Waals surface area (Å²) in [4.78, 5) is 37.2. The van der Waals surface area contributed by atoms with Gasteiger partial charge < -0.3 is 19.7 Å². The van der Waals surface area contributed by atoms with Gasteiger partial charge in [-0.2, -0.15) is 0 Å². The zero-order chi connectivity index (χ0) is 19.6. The highest BCUT2D eigenvalue weighted by atomic mass is 16.7. The summed E-state index contributed by atoms with van der Waals surface area (Å²) in [6.45, 7) is 5.69. The number of likely N-dealkylation sites (tertiary alicyclic amines) is 1. The van der Waals surface area contributed by atoms with Gasteiger partial charge in [0.1, 0.15) is 5.75 Å². The number of carbonyl (C=O) groups excluding carboxylic acids is 3. The van der Waals surface area contributed by atoms with Crippen molar-refractivity contribution in [1.82, 2.24) is 10.2 Å². The van der Waals surface area contributed by atoms with Crippen LogP contribution in [0.2, 0.25) is 0 Å². The van der Waals surface area contributed by atoms with Crippen molar-refractivity contribution in [3.63, 3.8) is 0 Å². The van der Waals surface area contributed by atoms with E-state index >= 15 is 0 Å². The van der Waals surface area contributed by atoms with Gasteiger partial charge in [-0.15, -0.1) is 0 Å². The summed E-state index contributed by atoms with van der Waals surface area (Å²) in [7, 11) is 0. The Balaban J connectivity index is 1.81. The third-order valence-electron chi connectivity index (χ3n) is 4.35. The van der Waals surface area contributed by atoms with E-state index in [9.17, 15) is 14.4 Å². The Kier molecular flexibility index (Phi) is 7.85. The summed E-state index contributed by atoms with van der Waals surface area (Å²) < 4.78 is 9.70. The Morgan fingerprint density at radius 2 is 1.85 bits per heavy atom. The zero-order valence-electron chi connectivity index (χ0n) is 15.8. The van der Waals surface area contributed by atoms with Gasteiger partial charge in [0.15, 0.2) is 0 Å². The molecular weight excluding hydrogens is 348 g/mol. The minimum absolute atomic E-state index is 0.0471. The predicted octanol–water partition coefficient (Wildman–Crippen LogP) is 2.77. The molecule has 0 aromatic heterocycles. The molecule has 2 amide bonds. The number of rotatable bonds is 6. The summed E-state index contributed by atoms with van der Waals surface area (Å²) in [6, 6.07) is 6.43. The molecule has 1 aliphatic heterocycles. The van der Waals surface area contributed by atoms with E-state index in [0.717, 1.165) is 12.8 Å². The van der Waals surface area contributed by atoms with E-state index in [-0.39, 0.29) is 18.4 Å². The molecule has 1 aromatic rings. The van der Waals surface area contributed by atoms with E-state index in [4.69, 9.17) is 9.47 Å². The molecule has 2 rings (SSSR count). The smallest absolute Gasteiger partial charge is 0.434 e. The third-order valence-corrected chi connectivity index (χ3v) is 4.35. The fourth-order valence-electron chi connectivity index (χ4n) is 2.89.